The number of hydrogen-bond donors (Lipinski definition) is 0. The summed E-state index contributed by atoms with van der Waals surface area (Å²) < 4.78 is 6.00. The summed E-state index contributed by atoms with van der Waals surface area (Å²) >= 11 is 5.82. The molecule has 0 radical (unpaired) electrons. The molecule has 3 aromatic rings. The lowest BCUT2D eigenvalue weighted by molar-refractivity contribution is 0.132. The maximum absolute atomic E-state index is 6.00. The van der Waals surface area contributed by atoms with E-state index in [2.05, 4.69) is 20.3 Å². The van der Waals surface area contributed by atoms with Crippen molar-refractivity contribution in [2.24, 2.45) is 11.1 Å². The first-order valence-corrected chi connectivity index (χ1v) is 10.8. The van der Waals surface area contributed by atoms with Gasteiger partial charge in [0.25, 0.3) is 0 Å². The second kappa shape index (κ2) is 10.8. The quantitative estimate of drug-likeness (QED) is 0.368. The number of hydrogen-bond acceptors (Lipinski definition) is 6. The molecule has 0 spiro atoms. The molecule has 2 heterocycles. The lowest BCUT2D eigenvalue weighted by Crippen LogP contribution is -2.36. The molecule has 0 aliphatic carbocycles. The molecule has 1 saturated heterocycles. The van der Waals surface area contributed by atoms with E-state index < -0.39 is 0 Å². The predicted molar refractivity (Wildman–Crippen MR) is 123 cm³/mol. The molecule has 0 N–H and O–H groups in total. The third-order valence-electron chi connectivity index (χ3n) is 5.27. The van der Waals surface area contributed by atoms with Crippen molar-refractivity contribution in [3.05, 3.63) is 83.0 Å². The lowest BCUT2D eigenvalue weighted by atomic mass is 9.98. The van der Waals surface area contributed by atoms with Gasteiger partial charge in [-0.2, -0.15) is 0 Å². The van der Waals surface area contributed by atoms with Crippen LogP contribution in [0.5, 0.6) is 5.75 Å². The third-order valence-corrected chi connectivity index (χ3v) is 5.47. The summed E-state index contributed by atoms with van der Waals surface area (Å²) in [4.78, 5) is 7.59. The van der Waals surface area contributed by atoms with Crippen LogP contribution in [0.4, 0.5) is 5.82 Å². The molecule has 0 bridgehead atoms. The van der Waals surface area contributed by atoms with E-state index in [0.717, 1.165) is 48.6 Å². The van der Waals surface area contributed by atoms with Crippen LogP contribution in [0.3, 0.4) is 0 Å². The molecule has 31 heavy (non-hydrogen) atoms. The van der Waals surface area contributed by atoms with Crippen LogP contribution in [0.1, 0.15) is 24.0 Å². The summed E-state index contributed by atoms with van der Waals surface area (Å²) in [5.41, 5.74) is 2.06. The van der Waals surface area contributed by atoms with Crippen molar-refractivity contribution in [1.82, 2.24) is 10.2 Å². The minimum atomic E-state index is 0.420. The molecular weight excluding hydrogens is 412 g/mol. The minimum absolute atomic E-state index is 0.420. The van der Waals surface area contributed by atoms with Crippen molar-refractivity contribution in [3.8, 4) is 5.75 Å². The summed E-state index contributed by atoms with van der Waals surface area (Å²) in [5.74, 6) is 2.28. The Hall–Kier alpha value is -3.12. The van der Waals surface area contributed by atoms with Gasteiger partial charge in [-0.1, -0.05) is 47.1 Å². The van der Waals surface area contributed by atoms with E-state index in [1.165, 1.54) is 0 Å². The molecule has 0 atom stereocenters. The average Bonchev–Trinajstić information content (AvgIpc) is 2.83. The molecule has 0 amide bonds. The highest BCUT2D eigenvalue weighted by Crippen LogP contribution is 2.23. The highest BCUT2D eigenvalue weighted by molar-refractivity contribution is 6.29. The molecule has 160 valence electrons. The average molecular weight is 437 g/mol. The van der Waals surface area contributed by atoms with Crippen LogP contribution in [0.25, 0.3) is 0 Å². The van der Waals surface area contributed by atoms with Gasteiger partial charge in [-0.25, -0.2) is 0 Å². The van der Waals surface area contributed by atoms with Crippen molar-refractivity contribution in [3.63, 3.8) is 0 Å². The van der Waals surface area contributed by atoms with E-state index in [-0.39, 0.29) is 0 Å². The number of benzene rings is 2. The van der Waals surface area contributed by atoms with Gasteiger partial charge in [0.05, 0.1) is 12.8 Å². The van der Waals surface area contributed by atoms with Crippen LogP contribution in [0.2, 0.25) is 5.15 Å². The second-order valence-electron chi connectivity index (χ2n) is 7.52. The van der Waals surface area contributed by atoms with E-state index in [1.807, 2.05) is 60.7 Å². The Kier molecular flexibility index (Phi) is 7.34. The Balaban J connectivity index is 1.17. The number of ether oxygens (including phenoxy) is 1. The van der Waals surface area contributed by atoms with Gasteiger partial charge in [-0.05, 0) is 66.3 Å². The Labute approximate surface area is 187 Å². The smallest absolute Gasteiger partial charge is 0.151 e. The van der Waals surface area contributed by atoms with Crippen molar-refractivity contribution < 1.29 is 9.57 Å². The van der Waals surface area contributed by atoms with E-state index in [9.17, 15) is 0 Å². The van der Waals surface area contributed by atoms with Crippen LogP contribution >= 0.6 is 11.6 Å². The van der Waals surface area contributed by atoms with E-state index in [1.54, 1.807) is 12.3 Å². The van der Waals surface area contributed by atoms with Crippen LogP contribution in [-0.2, 0) is 11.4 Å². The van der Waals surface area contributed by atoms with Crippen molar-refractivity contribution in [2.75, 3.05) is 24.6 Å². The zero-order valence-electron chi connectivity index (χ0n) is 17.2. The number of halogens is 1. The van der Waals surface area contributed by atoms with Gasteiger partial charge < -0.3 is 14.5 Å². The van der Waals surface area contributed by atoms with Gasteiger partial charge in [0.1, 0.15) is 12.4 Å². The SMILES string of the molecule is Clc1ccc(N2CCC(COc3ccc(C=NOCc4ccccc4)cc3)CC2)nn1. The molecule has 7 heteroatoms. The van der Waals surface area contributed by atoms with E-state index in [4.69, 9.17) is 21.2 Å². The standard InChI is InChI=1S/C24H25ClN4O2/c25-23-10-11-24(28-27-23)29-14-12-21(13-15-29)17-30-22-8-6-19(7-9-22)16-26-31-18-20-4-2-1-3-5-20/h1-11,16,21H,12-15,17-18H2. The number of piperidine rings is 1. The molecule has 0 saturated carbocycles. The maximum Gasteiger partial charge on any atom is 0.151 e. The molecule has 2 aromatic carbocycles. The number of aromatic nitrogens is 2. The fourth-order valence-electron chi connectivity index (χ4n) is 3.45. The lowest BCUT2D eigenvalue weighted by Gasteiger charge is -2.32. The largest absolute Gasteiger partial charge is 0.493 e. The molecule has 0 unspecified atom stereocenters. The first-order valence-electron chi connectivity index (χ1n) is 10.4. The van der Waals surface area contributed by atoms with Crippen LogP contribution < -0.4 is 9.64 Å². The zero-order valence-corrected chi connectivity index (χ0v) is 18.0. The van der Waals surface area contributed by atoms with Crippen molar-refractivity contribution in [1.29, 1.82) is 0 Å². The fraction of sp³-hybridized carbons (Fsp3) is 0.292. The van der Waals surface area contributed by atoms with Gasteiger partial charge in [0.2, 0.25) is 0 Å². The number of anilines is 1. The summed E-state index contributed by atoms with van der Waals surface area (Å²) in [6.07, 6.45) is 3.84. The molecule has 6 nitrogen and oxygen atoms in total. The van der Waals surface area contributed by atoms with Crippen molar-refractivity contribution >= 4 is 23.6 Å². The number of oxime groups is 1. The van der Waals surface area contributed by atoms with Gasteiger partial charge >= 0.3 is 0 Å². The monoisotopic (exact) mass is 436 g/mol. The Morgan fingerprint density at radius 3 is 2.45 bits per heavy atom. The normalized spacial score (nSPS) is 14.7. The Bertz CT molecular complexity index is 957. The summed E-state index contributed by atoms with van der Waals surface area (Å²) in [6.45, 7) is 3.07. The highest BCUT2D eigenvalue weighted by Gasteiger charge is 2.21. The third kappa shape index (κ3) is 6.43. The molecule has 4 rings (SSSR count). The van der Waals surface area contributed by atoms with Crippen LogP contribution in [0, 0.1) is 5.92 Å². The highest BCUT2D eigenvalue weighted by atomic mass is 35.5. The zero-order chi connectivity index (χ0) is 21.3. The minimum Gasteiger partial charge on any atom is -0.493 e. The van der Waals surface area contributed by atoms with Gasteiger partial charge in [0.15, 0.2) is 11.0 Å². The fourth-order valence-corrected chi connectivity index (χ4v) is 3.56. The summed E-state index contributed by atoms with van der Waals surface area (Å²) in [7, 11) is 0. The maximum atomic E-state index is 6.00. The summed E-state index contributed by atoms with van der Waals surface area (Å²) in [5, 5.41) is 12.5. The number of rotatable bonds is 8. The van der Waals surface area contributed by atoms with E-state index >= 15 is 0 Å². The van der Waals surface area contributed by atoms with E-state index in [0.29, 0.717) is 24.3 Å². The second-order valence-corrected chi connectivity index (χ2v) is 7.91. The van der Waals surface area contributed by atoms with Crippen molar-refractivity contribution in [2.45, 2.75) is 19.4 Å². The van der Waals surface area contributed by atoms with Gasteiger partial charge in [-0.15, -0.1) is 10.2 Å². The first kappa shape index (κ1) is 21.1. The Morgan fingerprint density at radius 1 is 0.968 bits per heavy atom. The molecule has 1 aromatic heterocycles. The predicted octanol–water partition coefficient (Wildman–Crippen LogP) is 4.98. The first-order chi connectivity index (χ1) is 15.3. The molecule has 1 fully saturated rings. The molecule has 1 aliphatic rings. The number of nitrogens with zero attached hydrogens (tertiary/aromatic N) is 4. The Morgan fingerprint density at radius 2 is 1.74 bits per heavy atom. The molecular formula is C24H25ClN4O2. The van der Waals surface area contributed by atoms with Crippen LogP contribution in [0.15, 0.2) is 71.9 Å². The molecule has 1 aliphatic heterocycles. The van der Waals surface area contributed by atoms with Crippen LogP contribution in [-0.4, -0.2) is 36.1 Å². The summed E-state index contributed by atoms with van der Waals surface area (Å²) in [6, 6.07) is 21.6. The van der Waals surface area contributed by atoms with Gasteiger partial charge in [-0.3, -0.25) is 0 Å². The topological polar surface area (TPSA) is 59.8 Å². The van der Waals surface area contributed by atoms with Gasteiger partial charge in [0, 0.05) is 13.1 Å².